The SMILES string of the molecule is COc1ccc(N2CC3(CN(C(=O)OC(C)(C)C)C3)C2)cc1. The Labute approximate surface area is 131 Å². The average Bonchev–Trinajstić information content (AvgIpc) is 2.34. The lowest BCUT2D eigenvalue weighted by Gasteiger charge is -2.60. The van der Waals surface area contributed by atoms with E-state index in [0.29, 0.717) is 0 Å². The molecule has 0 atom stereocenters. The molecule has 5 nitrogen and oxygen atoms in total. The monoisotopic (exact) mass is 304 g/mol. The molecule has 1 aromatic rings. The van der Waals surface area contributed by atoms with Gasteiger partial charge in [-0.05, 0) is 45.0 Å². The van der Waals surface area contributed by atoms with Gasteiger partial charge in [0.15, 0.2) is 0 Å². The van der Waals surface area contributed by atoms with E-state index in [1.54, 1.807) is 12.0 Å². The summed E-state index contributed by atoms with van der Waals surface area (Å²) >= 11 is 0. The lowest BCUT2D eigenvalue weighted by Crippen LogP contribution is -2.73. The van der Waals surface area contributed by atoms with Crippen molar-refractivity contribution in [3.8, 4) is 5.75 Å². The number of hydrogen-bond acceptors (Lipinski definition) is 4. The van der Waals surface area contributed by atoms with Gasteiger partial charge in [0.05, 0.1) is 7.11 Å². The van der Waals surface area contributed by atoms with E-state index in [0.717, 1.165) is 31.9 Å². The smallest absolute Gasteiger partial charge is 0.410 e. The average molecular weight is 304 g/mol. The number of nitrogens with zero attached hydrogens (tertiary/aromatic N) is 2. The maximum absolute atomic E-state index is 12.0. The molecule has 2 aliphatic heterocycles. The fourth-order valence-electron chi connectivity index (χ4n) is 3.16. The minimum atomic E-state index is -0.422. The number of carbonyl (C=O) groups excluding carboxylic acids is 1. The number of rotatable bonds is 2. The zero-order valence-electron chi connectivity index (χ0n) is 13.8. The first-order chi connectivity index (χ1) is 10.3. The lowest BCUT2D eigenvalue weighted by molar-refractivity contribution is -0.0453. The van der Waals surface area contributed by atoms with Crippen molar-refractivity contribution in [3.05, 3.63) is 24.3 Å². The Balaban J connectivity index is 1.49. The fraction of sp³-hybridized carbons (Fsp3) is 0.588. The number of ether oxygens (including phenoxy) is 2. The third-order valence-electron chi connectivity index (χ3n) is 4.19. The normalized spacial score (nSPS) is 19.5. The van der Waals surface area contributed by atoms with Crippen LogP contribution in [0.15, 0.2) is 24.3 Å². The molecule has 2 aliphatic rings. The van der Waals surface area contributed by atoms with Crippen molar-refractivity contribution >= 4 is 11.8 Å². The highest BCUT2D eigenvalue weighted by Crippen LogP contribution is 2.42. The minimum Gasteiger partial charge on any atom is -0.497 e. The van der Waals surface area contributed by atoms with Gasteiger partial charge in [-0.1, -0.05) is 0 Å². The molecule has 1 aromatic carbocycles. The van der Waals surface area contributed by atoms with E-state index in [1.165, 1.54) is 5.69 Å². The molecule has 22 heavy (non-hydrogen) atoms. The van der Waals surface area contributed by atoms with E-state index in [1.807, 2.05) is 32.9 Å². The third kappa shape index (κ3) is 2.85. The summed E-state index contributed by atoms with van der Waals surface area (Å²) in [5, 5.41) is 0. The van der Waals surface area contributed by atoms with Crippen molar-refractivity contribution in [2.45, 2.75) is 26.4 Å². The van der Waals surface area contributed by atoms with Crippen molar-refractivity contribution in [2.24, 2.45) is 5.41 Å². The Morgan fingerprint density at radius 1 is 1.09 bits per heavy atom. The van der Waals surface area contributed by atoms with Crippen LogP contribution in [0.5, 0.6) is 5.75 Å². The summed E-state index contributed by atoms with van der Waals surface area (Å²) in [4.78, 5) is 16.1. The van der Waals surface area contributed by atoms with Crippen LogP contribution in [0.4, 0.5) is 10.5 Å². The Hall–Kier alpha value is -1.91. The van der Waals surface area contributed by atoms with Crippen LogP contribution in [-0.2, 0) is 4.74 Å². The summed E-state index contributed by atoms with van der Waals surface area (Å²) in [6.07, 6.45) is -0.193. The number of anilines is 1. The van der Waals surface area contributed by atoms with Crippen molar-refractivity contribution in [1.29, 1.82) is 0 Å². The Morgan fingerprint density at radius 3 is 2.18 bits per heavy atom. The third-order valence-corrected chi connectivity index (χ3v) is 4.19. The molecule has 0 aromatic heterocycles. The molecule has 2 fully saturated rings. The lowest BCUT2D eigenvalue weighted by atomic mass is 9.73. The fourth-order valence-corrected chi connectivity index (χ4v) is 3.16. The van der Waals surface area contributed by atoms with Crippen LogP contribution in [0.1, 0.15) is 20.8 Å². The molecule has 2 saturated heterocycles. The van der Waals surface area contributed by atoms with Gasteiger partial charge in [0.1, 0.15) is 11.4 Å². The summed E-state index contributed by atoms with van der Waals surface area (Å²) < 4.78 is 10.6. The Bertz CT molecular complexity index is 548. The summed E-state index contributed by atoms with van der Waals surface area (Å²) in [6.45, 7) is 9.29. The van der Waals surface area contributed by atoms with Crippen LogP contribution in [-0.4, -0.2) is 49.9 Å². The van der Waals surface area contributed by atoms with Gasteiger partial charge in [0, 0.05) is 37.3 Å². The second kappa shape index (κ2) is 5.07. The second-order valence-corrected chi connectivity index (χ2v) is 7.39. The van der Waals surface area contributed by atoms with Crippen LogP contribution >= 0.6 is 0 Å². The molecule has 0 radical (unpaired) electrons. The Morgan fingerprint density at radius 2 is 1.68 bits per heavy atom. The van der Waals surface area contributed by atoms with Gasteiger partial charge < -0.3 is 19.3 Å². The molecule has 3 rings (SSSR count). The molecule has 0 saturated carbocycles. The first kappa shape index (κ1) is 15.0. The van der Waals surface area contributed by atoms with Gasteiger partial charge in [-0.25, -0.2) is 4.79 Å². The zero-order valence-corrected chi connectivity index (χ0v) is 13.8. The maximum Gasteiger partial charge on any atom is 0.410 e. The maximum atomic E-state index is 12.0. The number of carbonyl (C=O) groups is 1. The number of likely N-dealkylation sites (tertiary alicyclic amines) is 1. The van der Waals surface area contributed by atoms with Gasteiger partial charge >= 0.3 is 6.09 Å². The molecule has 0 unspecified atom stereocenters. The van der Waals surface area contributed by atoms with E-state index in [4.69, 9.17) is 9.47 Å². The van der Waals surface area contributed by atoms with Crippen LogP contribution in [0, 0.1) is 5.41 Å². The largest absolute Gasteiger partial charge is 0.497 e. The summed E-state index contributed by atoms with van der Waals surface area (Å²) in [5.74, 6) is 0.874. The zero-order chi connectivity index (χ0) is 16.0. The standard InChI is InChI=1S/C17H24N2O3/c1-16(2,3)22-15(20)19-11-17(12-19)9-18(10-17)13-5-7-14(21-4)8-6-13/h5-8H,9-12H2,1-4H3. The van der Waals surface area contributed by atoms with Gasteiger partial charge in [0.25, 0.3) is 0 Å². The van der Waals surface area contributed by atoms with Crippen LogP contribution < -0.4 is 9.64 Å². The summed E-state index contributed by atoms with van der Waals surface area (Å²) in [5.41, 5.74) is 1.05. The first-order valence-electron chi connectivity index (χ1n) is 7.67. The van der Waals surface area contributed by atoms with Gasteiger partial charge in [-0.15, -0.1) is 0 Å². The predicted molar refractivity (Wildman–Crippen MR) is 85.4 cm³/mol. The van der Waals surface area contributed by atoms with Crippen molar-refractivity contribution in [3.63, 3.8) is 0 Å². The molecule has 5 heteroatoms. The molecule has 1 spiro atoms. The van der Waals surface area contributed by atoms with Crippen LogP contribution in [0.25, 0.3) is 0 Å². The van der Waals surface area contributed by atoms with Gasteiger partial charge in [0.2, 0.25) is 0 Å². The predicted octanol–water partition coefficient (Wildman–Crippen LogP) is 2.75. The number of benzene rings is 1. The van der Waals surface area contributed by atoms with E-state index in [2.05, 4.69) is 17.0 Å². The van der Waals surface area contributed by atoms with Gasteiger partial charge in [-0.2, -0.15) is 0 Å². The highest BCUT2D eigenvalue weighted by atomic mass is 16.6. The molecular formula is C17H24N2O3. The van der Waals surface area contributed by atoms with Crippen LogP contribution in [0.3, 0.4) is 0 Å². The highest BCUT2D eigenvalue weighted by molar-refractivity contribution is 5.70. The van der Waals surface area contributed by atoms with Crippen LogP contribution in [0.2, 0.25) is 0 Å². The topological polar surface area (TPSA) is 42.0 Å². The molecule has 0 N–H and O–H groups in total. The van der Waals surface area contributed by atoms with E-state index >= 15 is 0 Å². The minimum absolute atomic E-state index is 0.193. The number of hydrogen-bond donors (Lipinski definition) is 0. The second-order valence-electron chi connectivity index (χ2n) is 7.39. The molecule has 0 bridgehead atoms. The van der Waals surface area contributed by atoms with Gasteiger partial charge in [-0.3, -0.25) is 0 Å². The molecule has 0 aliphatic carbocycles. The van der Waals surface area contributed by atoms with E-state index < -0.39 is 5.60 Å². The molecular weight excluding hydrogens is 280 g/mol. The summed E-state index contributed by atoms with van der Waals surface area (Å²) in [6, 6.07) is 8.12. The van der Waals surface area contributed by atoms with Crippen molar-refractivity contribution in [1.82, 2.24) is 4.90 Å². The van der Waals surface area contributed by atoms with E-state index in [-0.39, 0.29) is 11.5 Å². The number of amides is 1. The quantitative estimate of drug-likeness (QED) is 0.842. The van der Waals surface area contributed by atoms with E-state index in [9.17, 15) is 4.79 Å². The highest BCUT2D eigenvalue weighted by Gasteiger charge is 2.54. The summed E-state index contributed by atoms with van der Waals surface area (Å²) in [7, 11) is 1.67. The van der Waals surface area contributed by atoms with Crippen molar-refractivity contribution in [2.75, 3.05) is 38.2 Å². The Kier molecular flexibility index (Phi) is 3.46. The molecule has 120 valence electrons. The number of methoxy groups -OCH3 is 1. The molecule has 1 amide bonds. The first-order valence-corrected chi connectivity index (χ1v) is 7.67. The van der Waals surface area contributed by atoms with Crippen molar-refractivity contribution < 1.29 is 14.3 Å². The molecule has 2 heterocycles.